The third-order valence-corrected chi connectivity index (χ3v) is 3.96. The predicted molar refractivity (Wildman–Crippen MR) is 95.9 cm³/mol. The number of aromatic nitrogens is 3. The third-order valence-electron chi connectivity index (χ3n) is 3.96. The molecule has 0 bridgehead atoms. The number of fused-ring (bicyclic) bond motifs is 1. The van der Waals surface area contributed by atoms with E-state index in [0.29, 0.717) is 11.4 Å². The fraction of sp³-hybridized carbons (Fsp3) is 0.278. The van der Waals surface area contributed by atoms with Crippen molar-refractivity contribution in [1.29, 1.82) is 0 Å². The molecule has 0 fully saturated rings. The minimum Gasteiger partial charge on any atom is -0.494 e. The van der Waals surface area contributed by atoms with Crippen LogP contribution < -0.4 is 10.1 Å². The Balaban J connectivity index is 2.10. The lowest BCUT2D eigenvalue weighted by molar-refractivity contribution is -0.119. The molecule has 0 unspecified atom stereocenters. The number of nitrogens with zero attached hydrogens (tertiary/aromatic N) is 2. The van der Waals surface area contributed by atoms with Gasteiger partial charge in [0.15, 0.2) is 0 Å². The van der Waals surface area contributed by atoms with Gasteiger partial charge in [0.1, 0.15) is 18.1 Å². The first kappa shape index (κ1) is 16.9. The zero-order valence-corrected chi connectivity index (χ0v) is 14.6. The first-order chi connectivity index (χ1) is 12.0. The summed E-state index contributed by atoms with van der Waals surface area (Å²) in [5.74, 6) is 0.300. The van der Waals surface area contributed by atoms with E-state index in [2.05, 4.69) is 15.3 Å². The van der Waals surface area contributed by atoms with Gasteiger partial charge in [-0.3, -0.25) is 4.79 Å². The Morgan fingerprint density at radius 3 is 2.68 bits per heavy atom. The molecule has 0 aliphatic heterocycles. The first-order valence-electron chi connectivity index (χ1n) is 7.82. The minimum absolute atomic E-state index is 0.0181. The second-order valence-electron chi connectivity index (χ2n) is 5.75. The van der Waals surface area contributed by atoms with E-state index < -0.39 is 0 Å². The number of anilines is 1. The standard InChI is InChI=1S/C18H20N4O3/c1-10-5-15(18-11(2)19-9-20-18)21-13-7-16(25-4)14(6-12(10)13)22-17(23)8-24-3/h5-7,9H,8H2,1-4H3,(H,19,20)(H,22,23). The number of aromatic amines is 1. The summed E-state index contributed by atoms with van der Waals surface area (Å²) in [5.41, 5.74) is 4.97. The SMILES string of the molecule is COCC(=O)Nc1cc2c(C)cc(-c3nc[nH]c3C)nc2cc1OC. The van der Waals surface area contributed by atoms with Crippen LogP contribution in [0.5, 0.6) is 5.75 Å². The average molecular weight is 340 g/mol. The van der Waals surface area contributed by atoms with Crippen molar-refractivity contribution in [3.05, 3.63) is 35.8 Å². The molecule has 0 spiro atoms. The molecule has 1 amide bonds. The smallest absolute Gasteiger partial charge is 0.250 e. The average Bonchev–Trinajstić information content (AvgIpc) is 3.01. The number of aryl methyl sites for hydroxylation is 2. The van der Waals surface area contributed by atoms with Crippen molar-refractivity contribution in [2.75, 3.05) is 26.1 Å². The molecule has 7 heteroatoms. The fourth-order valence-corrected chi connectivity index (χ4v) is 2.74. The highest BCUT2D eigenvalue weighted by atomic mass is 16.5. The quantitative estimate of drug-likeness (QED) is 0.745. The topological polar surface area (TPSA) is 89.1 Å². The molecular weight excluding hydrogens is 320 g/mol. The number of carbonyl (C=O) groups is 1. The molecule has 2 aromatic heterocycles. The lowest BCUT2D eigenvalue weighted by atomic mass is 10.1. The number of H-pyrrole nitrogens is 1. The van der Waals surface area contributed by atoms with Gasteiger partial charge in [-0.15, -0.1) is 0 Å². The molecule has 0 radical (unpaired) electrons. The molecule has 130 valence electrons. The molecule has 2 N–H and O–H groups in total. The molecule has 0 saturated carbocycles. The second kappa shape index (κ2) is 6.90. The van der Waals surface area contributed by atoms with E-state index in [1.165, 1.54) is 7.11 Å². The summed E-state index contributed by atoms with van der Waals surface area (Å²) in [6.45, 7) is 3.94. The van der Waals surface area contributed by atoms with E-state index in [-0.39, 0.29) is 12.5 Å². The van der Waals surface area contributed by atoms with Gasteiger partial charge in [0.05, 0.1) is 30.3 Å². The van der Waals surface area contributed by atoms with Crippen molar-refractivity contribution >= 4 is 22.5 Å². The highest BCUT2D eigenvalue weighted by Crippen LogP contribution is 2.33. The maximum absolute atomic E-state index is 11.8. The molecular formula is C18H20N4O3. The van der Waals surface area contributed by atoms with Crippen LogP contribution in [0.1, 0.15) is 11.3 Å². The van der Waals surface area contributed by atoms with Gasteiger partial charge in [0.2, 0.25) is 5.91 Å². The number of amides is 1. The van der Waals surface area contributed by atoms with Crippen LogP contribution in [0.25, 0.3) is 22.3 Å². The molecule has 7 nitrogen and oxygen atoms in total. The largest absolute Gasteiger partial charge is 0.494 e. The summed E-state index contributed by atoms with van der Waals surface area (Å²) in [5, 5.41) is 3.73. The number of imidazole rings is 1. The highest BCUT2D eigenvalue weighted by molar-refractivity contribution is 5.97. The van der Waals surface area contributed by atoms with Crippen LogP contribution in [-0.2, 0) is 9.53 Å². The maximum Gasteiger partial charge on any atom is 0.250 e. The summed E-state index contributed by atoms with van der Waals surface area (Å²) >= 11 is 0. The Kier molecular flexibility index (Phi) is 4.67. The van der Waals surface area contributed by atoms with E-state index >= 15 is 0 Å². The molecule has 3 aromatic rings. The molecule has 25 heavy (non-hydrogen) atoms. The molecule has 2 heterocycles. The van der Waals surface area contributed by atoms with E-state index in [4.69, 9.17) is 14.5 Å². The maximum atomic E-state index is 11.8. The number of methoxy groups -OCH3 is 2. The number of ether oxygens (including phenoxy) is 2. The van der Waals surface area contributed by atoms with E-state index in [1.807, 2.05) is 32.0 Å². The third kappa shape index (κ3) is 3.32. The Morgan fingerprint density at radius 2 is 2.04 bits per heavy atom. The van der Waals surface area contributed by atoms with Crippen LogP contribution in [-0.4, -0.2) is 41.7 Å². The van der Waals surface area contributed by atoms with Gasteiger partial charge in [0, 0.05) is 24.3 Å². The number of benzene rings is 1. The van der Waals surface area contributed by atoms with Crippen molar-refractivity contribution in [2.45, 2.75) is 13.8 Å². The van der Waals surface area contributed by atoms with Gasteiger partial charge in [-0.05, 0) is 31.5 Å². The lowest BCUT2D eigenvalue weighted by Gasteiger charge is -2.13. The monoisotopic (exact) mass is 340 g/mol. The minimum atomic E-state index is -0.241. The first-order valence-corrected chi connectivity index (χ1v) is 7.82. The van der Waals surface area contributed by atoms with Crippen molar-refractivity contribution in [2.24, 2.45) is 0 Å². The predicted octanol–water partition coefficient (Wildman–Crippen LogP) is 2.84. The van der Waals surface area contributed by atoms with Gasteiger partial charge in [-0.25, -0.2) is 9.97 Å². The molecule has 0 atom stereocenters. The summed E-state index contributed by atoms with van der Waals surface area (Å²) < 4.78 is 10.3. The molecule has 0 aliphatic rings. The van der Waals surface area contributed by atoms with Crippen LogP contribution >= 0.6 is 0 Å². The summed E-state index contributed by atoms with van der Waals surface area (Å²) in [6, 6.07) is 5.67. The van der Waals surface area contributed by atoms with Crippen molar-refractivity contribution in [1.82, 2.24) is 15.0 Å². The number of rotatable bonds is 5. The zero-order chi connectivity index (χ0) is 18.0. The van der Waals surface area contributed by atoms with Gasteiger partial charge < -0.3 is 19.8 Å². The van der Waals surface area contributed by atoms with E-state index in [1.54, 1.807) is 13.4 Å². The van der Waals surface area contributed by atoms with Crippen LogP contribution in [0.3, 0.4) is 0 Å². The Bertz CT molecular complexity index is 933. The number of pyridine rings is 1. The van der Waals surface area contributed by atoms with Crippen LogP contribution in [0.2, 0.25) is 0 Å². The van der Waals surface area contributed by atoms with E-state index in [9.17, 15) is 4.79 Å². The highest BCUT2D eigenvalue weighted by Gasteiger charge is 2.14. The van der Waals surface area contributed by atoms with Gasteiger partial charge in [0.25, 0.3) is 0 Å². The van der Waals surface area contributed by atoms with Gasteiger partial charge in [-0.2, -0.15) is 0 Å². The zero-order valence-electron chi connectivity index (χ0n) is 14.6. The number of nitrogens with one attached hydrogen (secondary N) is 2. The summed E-state index contributed by atoms with van der Waals surface area (Å²) in [6.07, 6.45) is 1.65. The summed E-state index contributed by atoms with van der Waals surface area (Å²) in [7, 11) is 3.03. The van der Waals surface area contributed by atoms with Gasteiger partial charge in [-0.1, -0.05) is 0 Å². The Labute approximate surface area is 145 Å². The number of hydrogen-bond acceptors (Lipinski definition) is 5. The van der Waals surface area contributed by atoms with E-state index in [0.717, 1.165) is 33.5 Å². The van der Waals surface area contributed by atoms with Crippen molar-refractivity contribution < 1.29 is 14.3 Å². The Morgan fingerprint density at radius 1 is 1.24 bits per heavy atom. The fourth-order valence-electron chi connectivity index (χ4n) is 2.74. The van der Waals surface area contributed by atoms with Crippen LogP contribution in [0, 0.1) is 13.8 Å². The van der Waals surface area contributed by atoms with Gasteiger partial charge >= 0.3 is 0 Å². The number of hydrogen-bond donors (Lipinski definition) is 2. The van der Waals surface area contributed by atoms with Crippen LogP contribution in [0.4, 0.5) is 5.69 Å². The van der Waals surface area contributed by atoms with Crippen LogP contribution in [0.15, 0.2) is 24.5 Å². The second-order valence-corrected chi connectivity index (χ2v) is 5.75. The lowest BCUT2D eigenvalue weighted by Crippen LogP contribution is -2.17. The molecule has 1 aromatic carbocycles. The molecule has 0 aliphatic carbocycles. The molecule has 0 saturated heterocycles. The van der Waals surface area contributed by atoms with Crippen molar-refractivity contribution in [3.63, 3.8) is 0 Å². The normalized spacial score (nSPS) is 10.9. The summed E-state index contributed by atoms with van der Waals surface area (Å²) in [4.78, 5) is 23.9. The van der Waals surface area contributed by atoms with Crippen molar-refractivity contribution in [3.8, 4) is 17.1 Å². The Hall–Kier alpha value is -2.93. The number of carbonyl (C=O) groups excluding carboxylic acids is 1. The molecule has 3 rings (SSSR count).